The number of furan rings is 1. The lowest BCUT2D eigenvalue weighted by Gasteiger charge is -2.36. The lowest BCUT2D eigenvalue weighted by atomic mass is 9.68. The van der Waals surface area contributed by atoms with Crippen LogP contribution in [-0.2, 0) is 5.41 Å². The Labute approximate surface area is 292 Å². The van der Waals surface area contributed by atoms with Crippen molar-refractivity contribution in [2.45, 2.75) is 43.7 Å². The molecule has 1 atom stereocenters. The number of aliphatic imine (C=N–C) groups is 2. The van der Waals surface area contributed by atoms with Crippen LogP contribution in [0.3, 0.4) is 0 Å². The summed E-state index contributed by atoms with van der Waals surface area (Å²) in [6.45, 7) is 0. The molecule has 0 saturated heterocycles. The fourth-order valence-electron chi connectivity index (χ4n) is 8.96. The van der Waals surface area contributed by atoms with Gasteiger partial charge in [-0.3, -0.25) is 0 Å². The van der Waals surface area contributed by atoms with Crippen LogP contribution in [0.4, 0.5) is 0 Å². The first-order valence-corrected chi connectivity index (χ1v) is 17.9. The summed E-state index contributed by atoms with van der Waals surface area (Å²) in [6, 6.07) is 50.2. The molecule has 1 aromatic heterocycles. The Kier molecular flexibility index (Phi) is 6.67. The highest BCUT2D eigenvalue weighted by Crippen LogP contribution is 2.57. The zero-order valence-corrected chi connectivity index (χ0v) is 28.1. The third kappa shape index (κ3) is 4.44. The van der Waals surface area contributed by atoms with Gasteiger partial charge in [-0.05, 0) is 70.0 Å². The third-order valence-corrected chi connectivity index (χ3v) is 11.3. The molecule has 2 heterocycles. The van der Waals surface area contributed by atoms with Crippen molar-refractivity contribution in [3.05, 3.63) is 167 Å². The quantitative estimate of drug-likeness (QED) is 0.191. The number of para-hydroxylation sites is 1. The number of fused-ring (bicyclic) bond motifs is 8. The zero-order chi connectivity index (χ0) is 33.2. The maximum Gasteiger partial charge on any atom is 0.159 e. The highest BCUT2D eigenvalue weighted by atomic mass is 16.3. The Morgan fingerprint density at radius 2 is 1.28 bits per heavy atom. The Morgan fingerprint density at radius 3 is 2.14 bits per heavy atom. The van der Waals surface area contributed by atoms with E-state index in [-0.39, 0.29) is 11.6 Å². The van der Waals surface area contributed by atoms with Gasteiger partial charge in [0.15, 0.2) is 5.84 Å². The van der Waals surface area contributed by atoms with Crippen molar-refractivity contribution < 1.29 is 4.42 Å². The molecule has 0 bridgehead atoms. The first kappa shape index (κ1) is 29.2. The second-order valence-electron chi connectivity index (χ2n) is 14.1. The molecule has 1 saturated carbocycles. The summed E-state index contributed by atoms with van der Waals surface area (Å²) in [6.07, 6.45) is 6.19. The molecule has 0 N–H and O–H groups in total. The van der Waals surface area contributed by atoms with E-state index in [4.69, 9.17) is 14.4 Å². The average molecular weight is 648 g/mol. The smallest absolute Gasteiger partial charge is 0.159 e. The maximum atomic E-state index is 6.26. The van der Waals surface area contributed by atoms with Crippen LogP contribution in [0.1, 0.15) is 66.1 Å². The molecule has 0 amide bonds. The molecule has 242 valence electrons. The molecule has 3 aliphatic rings. The number of nitrogens with zero attached hydrogens (tertiary/aromatic N) is 3. The van der Waals surface area contributed by atoms with Gasteiger partial charge >= 0.3 is 0 Å². The molecule has 2 aliphatic carbocycles. The Balaban J connectivity index is 1.06. The van der Waals surface area contributed by atoms with Crippen molar-refractivity contribution in [2.75, 3.05) is 7.05 Å². The minimum atomic E-state index is -0.217. The molecule has 0 radical (unpaired) electrons. The predicted molar refractivity (Wildman–Crippen MR) is 205 cm³/mol. The van der Waals surface area contributed by atoms with Crippen molar-refractivity contribution in [3.63, 3.8) is 0 Å². The zero-order valence-electron chi connectivity index (χ0n) is 28.1. The average Bonchev–Trinajstić information content (AvgIpc) is 3.68. The summed E-state index contributed by atoms with van der Waals surface area (Å²) in [5.41, 5.74) is 13.4. The van der Waals surface area contributed by atoms with Crippen LogP contribution in [-0.4, -0.2) is 23.6 Å². The van der Waals surface area contributed by atoms with Gasteiger partial charge in [0, 0.05) is 34.4 Å². The van der Waals surface area contributed by atoms with E-state index in [1.807, 2.05) is 12.1 Å². The van der Waals surface area contributed by atoms with E-state index in [1.54, 1.807) is 0 Å². The highest BCUT2D eigenvalue weighted by Gasteiger charge is 2.44. The van der Waals surface area contributed by atoms with Crippen molar-refractivity contribution >= 4 is 33.6 Å². The van der Waals surface area contributed by atoms with Crippen molar-refractivity contribution in [3.8, 4) is 22.3 Å². The lowest BCUT2D eigenvalue weighted by molar-refractivity contribution is 0.353. The standard InChI is InChI=1S/C46H37N3O/c1-49-44(31-13-4-2-5-14-31)47-43(33-25-26-36-35-15-7-9-20-40(35)50-41(36)29-33)48-45(49)32-23-21-30(22-24-32)34-17-12-19-39-42(34)37-16-6-8-18-38(37)46(39)27-10-3-11-28-46/h2,4-9,12-26,29,44H,3,10-11,27-28H2,1H3. The van der Waals surface area contributed by atoms with Crippen molar-refractivity contribution in [1.29, 1.82) is 0 Å². The first-order valence-electron chi connectivity index (χ1n) is 17.9. The van der Waals surface area contributed by atoms with E-state index in [0.29, 0.717) is 5.84 Å². The van der Waals surface area contributed by atoms with Crippen LogP contribution in [0.5, 0.6) is 0 Å². The second-order valence-corrected chi connectivity index (χ2v) is 14.1. The fourth-order valence-corrected chi connectivity index (χ4v) is 8.96. The van der Waals surface area contributed by atoms with E-state index >= 15 is 0 Å². The molecule has 1 aliphatic heterocycles. The number of hydrogen-bond acceptors (Lipinski definition) is 4. The molecule has 10 rings (SSSR count). The van der Waals surface area contributed by atoms with E-state index < -0.39 is 0 Å². The van der Waals surface area contributed by atoms with Gasteiger partial charge in [-0.15, -0.1) is 0 Å². The summed E-state index contributed by atoms with van der Waals surface area (Å²) in [4.78, 5) is 12.6. The molecular weight excluding hydrogens is 611 g/mol. The van der Waals surface area contributed by atoms with Crippen LogP contribution in [0, 0.1) is 0 Å². The normalized spacial score (nSPS) is 17.9. The Bertz CT molecular complexity index is 2480. The van der Waals surface area contributed by atoms with E-state index in [2.05, 4.69) is 139 Å². The molecular formula is C46H37N3O. The van der Waals surface area contributed by atoms with Crippen LogP contribution >= 0.6 is 0 Å². The van der Waals surface area contributed by atoms with Gasteiger partial charge in [0.25, 0.3) is 0 Å². The van der Waals surface area contributed by atoms with Crippen LogP contribution in [0.15, 0.2) is 154 Å². The largest absolute Gasteiger partial charge is 0.456 e. The summed E-state index contributed by atoms with van der Waals surface area (Å²) < 4.78 is 6.26. The van der Waals surface area contributed by atoms with E-state index in [0.717, 1.165) is 44.5 Å². The van der Waals surface area contributed by atoms with Crippen molar-refractivity contribution in [2.24, 2.45) is 9.98 Å². The molecule has 7 aromatic rings. The van der Waals surface area contributed by atoms with Gasteiger partial charge in [-0.1, -0.05) is 141 Å². The van der Waals surface area contributed by atoms with E-state index in [1.165, 1.54) is 65.5 Å². The monoisotopic (exact) mass is 647 g/mol. The minimum Gasteiger partial charge on any atom is -0.456 e. The fraction of sp³-hybridized carbons (Fsp3) is 0.174. The predicted octanol–water partition coefficient (Wildman–Crippen LogP) is 11.3. The summed E-state index contributed by atoms with van der Waals surface area (Å²) in [7, 11) is 2.10. The van der Waals surface area contributed by atoms with Gasteiger partial charge in [-0.25, -0.2) is 9.98 Å². The van der Waals surface area contributed by atoms with E-state index in [9.17, 15) is 0 Å². The molecule has 1 fully saturated rings. The van der Waals surface area contributed by atoms with Crippen LogP contribution in [0.2, 0.25) is 0 Å². The number of rotatable bonds is 4. The third-order valence-electron chi connectivity index (χ3n) is 11.3. The summed E-state index contributed by atoms with van der Waals surface area (Å²) in [5.74, 6) is 1.60. The van der Waals surface area contributed by atoms with Gasteiger partial charge in [0.05, 0.1) is 0 Å². The number of amidine groups is 2. The van der Waals surface area contributed by atoms with Gasteiger partial charge in [0.2, 0.25) is 0 Å². The summed E-state index contributed by atoms with van der Waals surface area (Å²) >= 11 is 0. The first-order chi connectivity index (χ1) is 24.7. The van der Waals surface area contributed by atoms with Crippen LogP contribution in [0.25, 0.3) is 44.2 Å². The Hall–Kier alpha value is -5.74. The van der Waals surface area contributed by atoms with Crippen molar-refractivity contribution in [1.82, 2.24) is 4.90 Å². The highest BCUT2D eigenvalue weighted by molar-refractivity contribution is 6.15. The Morgan fingerprint density at radius 1 is 0.600 bits per heavy atom. The topological polar surface area (TPSA) is 41.1 Å². The molecule has 1 unspecified atom stereocenters. The second kappa shape index (κ2) is 11.4. The number of hydrogen-bond donors (Lipinski definition) is 0. The molecule has 1 spiro atoms. The SMILES string of the molecule is CN1C(c2ccc(-c3cccc4c3-c3ccccc3C43CCCCC3)cc2)=NC(c2ccc3c(c2)oc2ccccc23)=NC1c1ccccc1. The van der Waals surface area contributed by atoms with Crippen LogP contribution < -0.4 is 0 Å². The summed E-state index contributed by atoms with van der Waals surface area (Å²) in [5, 5.41) is 2.22. The minimum absolute atomic E-state index is 0.146. The lowest BCUT2D eigenvalue weighted by Crippen LogP contribution is -2.35. The molecule has 4 nitrogen and oxygen atoms in total. The number of benzene rings is 6. The maximum absolute atomic E-state index is 6.26. The van der Waals surface area contributed by atoms with Gasteiger partial charge < -0.3 is 9.32 Å². The van der Waals surface area contributed by atoms with Gasteiger partial charge in [-0.2, -0.15) is 0 Å². The van der Waals surface area contributed by atoms with Gasteiger partial charge in [0.1, 0.15) is 23.2 Å². The molecule has 50 heavy (non-hydrogen) atoms. The molecule has 4 heteroatoms. The molecule has 6 aromatic carbocycles.